The summed E-state index contributed by atoms with van der Waals surface area (Å²) in [6, 6.07) is 9.58. The van der Waals surface area contributed by atoms with Crippen molar-refractivity contribution in [1.29, 1.82) is 0 Å². The molecule has 1 aromatic carbocycles. The van der Waals surface area contributed by atoms with Crippen LogP contribution in [-0.2, 0) is 11.3 Å². The first-order chi connectivity index (χ1) is 12.5. The number of benzene rings is 1. The van der Waals surface area contributed by atoms with Gasteiger partial charge in [-0.2, -0.15) is 0 Å². The molecule has 3 rings (SSSR count). The van der Waals surface area contributed by atoms with E-state index in [2.05, 4.69) is 21.2 Å². The molecule has 1 amide bonds. The third-order valence-electron chi connectivity index (χ3n) is 4.14. The summed E-state index contributed by atoms with van der Waals surface area (Å²) in [6.45, 7) is 4.20. The Kier molecular flexibility index (Phi) is 5.80. The Morgan fingerprint density at radius 3 is 2.81 bits per heavy atom. The number of hydrazine groups is 1. The van der Waals surface area contributed by atoms with Gasteiger partial charge >= 0.3 is 0 Å². The number of carbonyl (C=O) groups excluding carboxylic acids is 1. The van der Waals surface area contributed by atoms with Crippen LogP contribution >= 0.6 is 0 Å². The normalized spacial score (nSPS) is 19.5. The fraction of sp³-hybridized carbons (Fsp3) is 0.368. The minimum absolute atomic E-state index is 0.0107. The molecule has 0 radical (unpaired) electrons. The lowest BCUT2D eigenvalue weighted by atomic mass is 10.0. The molecule has 2 unspecified atom stereocenters. The molecule has 6 nitrogen and oxygen atoms in total. The van der Waals surface area contributed by atoms with Crippen LogP contribution in [0.3, 0.4) is 0 Å². The Balaban J connectivity index is 1.55. The molecule has 1 saturated heterocycles. The molecule has 138 valence electrons. The summed E-state index contributed by atoms with van der Waals surface area (Å²) in [5.41, 5.74) is 7.86. The van der Waals surface area contributed by atoms with Gasteiger partial charge in [0.25, 0.3) is 0 Å². The van der Waals surface area contributed by atoms with Gasteiger partial charge in [-0.15, -0.1) is 0 Å². The molecule has 2 atom stereocenters. The highest BCUT2D eigenvalue weighted by Crippen LogP contribution is 2.22. The van der Waals surface area contributed by atoms with Crippen molar-refractivity contribution in [3.63, 3.8) is 0 Å². The van der Waals surface area contributed by atoms with Crippen molar-refractivity contribution in [2.24, 2.45) is 0 Å². The van der Waals surface area contributed by atoms with E-state index < -0.39 is 0 Å². The van der Waals surface area contributed by atoms with Gasteiger partial charge in [-0.1, -0.05) is 18.2 Å². The van der Waals surface area contributed by atoms with Gasteiger partial charge < -0.3 is 10.1 Å². The van der Waals surface area contributed by atoms with Crippen LogP contribution in [-0.4, -0.2) is 23.0 Å². The van der Waals surface area contributed by atoms with Crippen LogP contribution in [0.5, 0.6) is 5.88 Å². The molecule has 26 heavy (non-hydrogen) atoms. The predicted octanol–water partition coefficient (Wildman–Crippen LogP) is 2.23. The summed E-state index contributed by atoms with van der Waals surface area (Å²) >= 11 is 0. The molecule has 1 aliphatic heterocycles. The average Bonchev–Trinajstić information content (AvgIpc) is 3.11. The first-order valence-electron chi connectivity index (χ1n) is 8.67. The molecular weight excluding hydrogens is 335 g/mol. The van der Waals surface area contributed by atoms with E-state index in [-0.39, 0.29) is 29.9 Å². The van der Waals surface area contributed by atoms with E-state index in [1.807, 2.05) is 26.0 Å². The fourth-order valence-electron chi connectivity index (χ4n) is 2.84. The van der Waals surface area contributed by atoms with Crippen molar-refractivity contribution >= 4 is 5.91 Å². The second kappa shape index (κ2) is 8.25. The van der Waals surface area contributed by atoms with Gasteiger partial charge in [0.1, 0.15) is 11.9 Å². The highest BCUT2D eigenvalue weighted by Gasteiger charge is 2.30. The van der Waals surface area contributed by atoms with Crippen molar-refractivity contribution < 1.29 is 13.9 Å². The number of carbonyl (C=O) groups is 1. The standard InChI is InChI=1S/C19H23FN4O2/c1-12(2)26-19-14(4-3-9-21-19)11-22-18(25)17-10-16(23-24-17)13-5-7-15(20)8-6-13/h3-9,12,16-17,23-24H,10-11H2,1-2H3,(H,22,25). The van der Waals surface area contributed by atoms with Crippen LogP contribution in [0.2, 0.25) is 0 Å². The topological polar surface area (TPSA) is 75.3 Å². The van der Waals surface area contributed by atoms with Gasteiger partial charge in [-0.25, -0.2) is 20.2 Å². The highest BCUT2D eigenvalue weighted by molar-refractivity contribution is 5.82. The first-order valence-corrected chi connectivity index (χ1v) is 8.67. The van der Waals surface area contributed by atoms with Gasteiger partial charge in [0.15, 0.2) is 0 Å². The Bertz CT molecular complexity index is 751. The van der Waals surface area contributed by atoms with Gasteiger partial charge in [0.05, 0.1) is 6.10 Å². The zero-order chi connectivity index (χ0) is 18.5. The number of hydrogen-bond acceptors (Lipinski definition) is 5. The first kappa shape index (κ1) is 18.3. The summed E-state index contributed by atoms with van der Waals surface area (Å²) < 4.78 is 18.7. The number of nitrogens with one attached hydrogen (secondary N) is 3. The van der Waals surface area contributed by atoms with Crippen molar-refractivity contribution in [3.05, 3.63) is 59.5 Å². The fourth-order valence-corrected chi connectivity index (χ4v) is 2.84. The highest BCUT2D eigenvalue weighted by atomic mass is 19.1. The van der Waals surface area contributed by atoms with Crippen molar-refractivity contribution in [1.82, 2.24) is 21.2 Å². The van der Waals surface area contributed by atoms with Crippen LogP contribution in [0.15, 0.2) is 42.6 Å². The molecule has 0 aliphatic carbocycles. The number of nitrogens with zero attached hydrogens (tertiary/aromatic N) is 1. The zero-order valence-electron chi connectivity index (χ0n) is 14.8. The number of aromatic nitrogens is 1. The maximum absolute atomic E-state index is 13.0. The second-order valence-corrected chi connectivity index (χ2v) is 6.53. The zero-order valence-corrected chi connectivity index (χ0v) is 14.8. The average molecular weight is 358 g/mol. The lowest BCUT2D eigenvalue weighted by Crippen LogP contribution is -2.42. The quantitative estimate of drug-likeness (QED) is 0.738. The molecule has 0 spiro atoms. The third kappa shape index (κ3) is 4.56. The Hall–Kier alpha value is -2.51. The molecular formula is C19H23FN4O2. The van der Waals surface area contributed by atoms with E-state index in [1.54, 1.807) is 18.3 Å². The number of amides is 1. The number of hydrogen-bond donors (Lipinski definition) is 3. The van der Waals surface area contributed by atoms with Crippen LogP contribution in [0, 0.1) is 5.82 Å². The smallest absolute Gasteiger partial charge is 0.238 e. The van der Waals surface area contributed by atoms with E-state index in [0.29, 0.717) is 18.8 Å². The van der Waals surface area contributed by atoms with E-state index >= 15 is 0 Å². The minimum Gasteiger partial charge on any atom is -0.475 e. The molecule has 2 heterocycles. The molecule has 0 bridgehead atoms. The number of rotatable bonds is 6. The van der Waals surface area contributed by atoms with Crippen LogP contribution in [0.25, 0.3) is 0 Å². The minimum atomic E-state index is -0.365. The summed E-state index contributed by atoms with van der Waals surface area (Å²) in [7, 11) is 0. The largest absolute Gasteiger partial charge is 0.475 e. The van der Waals surface area contributed by atoms with Crippen LogP contribution in [0.4, 0.5) is 4.39 Å². The lowest BCUT2D eigenvalue weighted by Gasteiger charge is -2.14. The predicted molar refractivity (Wildman–Crippen MR) is 95.7 cm³/mol. The number of pyridine rings is 1. The summed E-state index contributed by atoms with van der Waals surface area (Å²) in [4.78, 5) is 16.7. The van der Waals surface area contributed by atoms with Crippen LogP contribution in [0.1, 0.15) is 37.4 Å². The number of ether oxygens (including phenoxy) is 1. The van der Waals surface area contributed by atoms with E-state index in [1.165, 1.54) is 12.1 Å². The van der Waals surface area contributed by atoms with E-state index in [4.69, 9.17) is 4.74 Å². The Morgan fingerprint density at radius 2 is 2.08 bits per heavy atom. The summed E-state index contributed by atoms with van der Waals surface area (Å²) in [5, 5.41) is 2.91. The molecule has 1 aromatic heterocycles. The maximum atomic E-state index is 13.0. The number of halogens is 1. The van der Waals surface area contributed by atoms with Gasteiger partial charge in [0.2, 0.25) is 11.8 Å². The van der Waals surface area contributed by atoms with Crippen molar-refractivity contribution in [3.8, 4) is 5.88 Å². The summed E-state index contributed by atoms with van der Waals surface area (Å²) in [5.74, 6) is 0.149. The van der Waals surface area contributed by atoms with E-state index in [0.717, 1.165) is 11.1 Å². The third-order valence-corrected chi connectivity index (χ3v) is 4.14. The molecule has 2 aromatic rings. The summed E-state index contributed by atoms with van der Waals surface area (Å²) in [6.07, 6.45) is 2.26. The Morgan fingerprint density at radius 1 is 1.31 bits per heavy atom. The van der Waals surface area contributed by atoms with Gasteiger partial charge in [-0.05, 0) is 44.0 Å². The molecule has 0 saturated carbocycles. The monoisotopic (exact) mass is 358 g/mol. The van der Waals surface area contributed by atoms with Gasteiger partial charge in [-0.3, -0.25) is 4.79 Å². The molecule has 1 fully saturated rings. The second-order valence-electron chi connectivity index (χ2n) is 6.53. The lowest BCUT2D eigenvalue weighted by molar-refractivity contribution is -0.123. The van der Waals surface area contributed by atoms with Gasteiger partial charge in [0, 0.05) is 24.3 Å². The Labute approximate surface area is 152 Å². The van der Waals surface area contributed by atoms with Crippen molar-refractivity contribution in [2.75, 3.05) is 0 Å². The van der Waals surface area contributed by atoms with Crippen molar-refractivity contribution in [2.45, 2.75) is 45.0 Å². The molecule has 3 N–H and O–H groups in total. The molecule has 7 heteroatoms. The molecule has 1 aliphatic rings. The van der Waals surface area contributed by atoms with Crippen LogP contribution < -0.4 is 20.9 Å². The van der Waals surface area contributed by atoms with E-state index in [9.17, 15) is 9.18 Å². The SMILES string of the molecule is CC(C)Oc1ncccc1CNC(=O)C1CC(c2ccc(F)cc2)NN1. The maximum Gasteiger partial charge on any atom is 0.238 e.